The molecule has 0 fully saturated rings. The van der Waals surface area contributed by atoms with Gasteiger partial charge < -0.3 is 9.73 Å². The van der Waals surface area contributed by atoms with Gasteiger partial charge >= 0.3 is 0 Å². The minimum absolute atomic E-state index is 0.0296. The number of furan rings is 1. The number of halogens is 1. The second-order valence-electron chi connectivity index (χ2n) is 6.49. The van der Waals surface area contributed by atoms with Crippen molar-refractivity contribution in [3.8, 4) is 11.6 Å². The van der Waals surface area contributed by atoms with Gasteiger partial charge in [-0.3, -0.25) is 9.36 Å². The first-order valence-corrected chi connectivity index (χ1v) is 11.2. The van der Waals surface area contributed by atoms with Crippen molar-refractivity contribution in [1.82, 2.24) is 14.8 Å². The lowest BCUT2D eigenvalue weighted by Crippen LogP contribution is -2.12. The summed E-state index contributed by atoms with van der Waals surface area (Å²) in [5.41, 5.74) is 1.93. The average molecular weight is 483 g/mol. The number of nitrogens with one attached hydrogen (secondary N) is 1. The third-order valence-electron chi connectivity index (χ3n) is 4.31. The second kappa shape index (κ2) is 9.77. The number of nitrogens with zero attached hydrogens (tertiary/aromatic N) is 3. The number of benzene rings is 2. The fourth-order valence-electron chi connectivity index (χ4n) is 2.90. The molecule has 0 saturated heterocycles. The summed E-state index contributed by atoms with van der Waals surface area (Å²) in [6.07, 6.45) is 0.374. The molecule has 0 unspecified atom stereocenters. The first-order chi connectivity index (χ1) is 14.7. The fraction of sp³-hybridized carbons (Fsp3) is 0.136. The van der Waals surface area contributed by atoms with Gasteiger partial charge in [-0.2, -0.15) is 0 Å². The van der Waals surface area contributed by atoms with E-state index < -0.39 is 0 Å². The van der Waals surface area contributed by atoms with Crippen molar-refractivity contribution < 1.29 is 9.21 Å². The molecule has 2 aromatic carbocycles. The van der Waals surface area contributed by atoms with Crippen LogP contribution in [0.2, 0.25) is 0 Å². The van der Waals surface area contributed by atoms with Crippen molar-refractivity contribution in [2.45, 2.75) is 18.1 Å². The van der Waals surface area contributed by atoms with Crippen molar-refractivity contribution in [2.24, 2.45) is 0 Å². The molecular weight excluding hydrogens is 464 g/mol. The number of hydrogen-bond acceptors (Lipinski definition) is 5. The predicted octanol–water partition coefficient (Wildman–Crippen LogP) is 5.47. The molecular formula is C22H19BrN4O2S. The molecule has 152 valence electrons. The molecule has 0 radical (unpaired) electrons. The maximum Gasteiger partial charge on any atom is 0.225 e. The Morgan fingerprint density at radius 2 is 1.73 bits per heavy atom. The Labute approximate surface area is 186 Å². The Kier molecular flexibility index (Phi) is 6.66. The molecule has 2 heterocycles. The van der Waals surface area contributed by atoms with Gasteiger partial charge in [-0.1, -0.05) is 60.3 Å². The first kappa shape index (κ1) is 20.4. The van der Waals surface area contributed by atoms with Crippen LogP contribution in [0.15, 0.2) is 87.0 Å². The van der Waals surface area contributed by atoms with Crippen molar-refractivity contribution in [3.63, 3.8) is 0 Å². The standard InChI is InChI=1S/C22H19BrN4O2S/c23-19-12-11-18(29-19)21-25-26-22(27(21)15-16-7-3-1-4-8-16)30-14-13-20(28)24-17-9-5-2-6-10-17/h1-12H,13-15H2,(H,24,28). The smallest absolute Gasteiger partial charge is 0.225 e. The van der Waals surface area contributed by atoms with Gasteiger partial charge in [0.15, 0.2) is 15.6 Å². The van der Waals surface area contributed by atoms with Crippen LogP contribution in [-0.4, -0.2) is 26.4 Å². The Bertz CT molecular complexity index is 1110. The SMILES string of the molecule is O=C(CCSc1nnc(-c2ccc(Br)o2)n1Cc1ccccc1)Nc1ccccc1. The van der Waals surface area contributed by atoms with Crippen LogP contribution in [0.1, 0.15) is 12.0 Å². The molecule has 0 aliphatic carbocycles. The largest absolute Gasteiger partial charge is 0.446 e. The van der Waals surface area contributed by atoms with E-state index in [-0.39, 0.29) is 5.91 Å². The van der Waals surface area contributed by atoms with E-state index in [9.17, 15) is 4.79 Å². The van der Waals surface area contributed by atoms with E-state index in [2.05, 4.69) is 43.6 Å². The molecule has 2 aromatic heterocycles. The quantitative estimate of drug-likeness (QED) is 0.337. The molecule has 4 rings (SSSR count). The van der Waals surface area contributed by atoms with Crippen LogP contribution in [-0.2, 0) is 11.3 Å². The number of rotatable bonds is 8. The number of amides is 1. The molecule has 4 aromatic rings. The van der Waals surface area contributed by atoms with E-state index in [1.165, 1.54) is 11.8 Å². The van der Waals surface area contributed by atoms with E-state index in [1.807, 2.05) is 65.2 Å². The molecule has 1 N–H and O–H groups in total. The van der Waals surface area contributed by atoms with Crippen molar-refractivity contribution >= 4 is 39.3 Å². The van der Waals surface area contributed by atoms with E-state index >= 15 is 0 Å². The molecule has 6 nitrogen and oxygen atoms in total. The summed E-state index contributed by atoms with van der Waals surface area (Å²) >= 11 is 4.84. The van der Waals surface area contributed by atoms with Gasteiger partial charge in [0, 0.05) is 17.9 Å². The summed E-state index contributed by atoms with van der Waals surface area (Å²) in [6.45, 7) is 0.611. The highest BCUT2D eigenvalue weighted by Crippen LogP contribution is 2.28. The molecule has 0 aliphatic heterocycles. The number of carbonyl (C=O) groups excluding carboxylic acids is 1. The van der Waals surface area contributed by atoms with E-state index in [1.54, 1.807) is 0 Å². The van der Waals surface area contributed by atoms with Crippen LogP contribution in [0.25, 0.3) is 11.6 Å². The maximum atomic E-state index is 12.2. The zero-order chi connectivity index (χ0) is 20.8. The van der Waals surface area contributed by atoms with Crippen LogP contribution < -0.4 is 5.32 Å². The van der Waals surface area contributed by atoms with Crippen molar-refractivity contribution in [3.05, 3.63) is 83.0 Å². The molecule has 0 saturated carbocycles. The summed E-state index contributed by atoms with van der Waals surface area (Å²) in [5, 5.41) is 12.3. The number of aromatic nitrogens is 3. The Morgan fingerprint density at radius 3 is 2.43 bits per heavy atom. The fourth-order valence-corrected chi connectivity index (χ4v) is 4.08. The number of para-hydroxylation sites is 1. The summed E-state index contributed by atoms with van der Waals surface area (Å²) in [6, 6.07) is 23.2. The van der Waals surface area contributed by atoms with E-state index in [0.29, 0.717) is 35.0 Å². The highest BCUT2D eigenvalue weighted by atomic mass is 79.9. The predicted molar refractivity (Wildman–Crippen MR) is 121 cm³/mol. The van der Waals surface area contributed by atoms with Gasteiger partial charge in [-0.15, -0.1) is 10.2 Å². The van der Waals surface area contributed by atoms with Gasteiger partial charge in [0.25, 0.3) is 0 Å². The van der Waals surface area contributed by atoms with Gasteiger partial charge in [-0.25, -0.2) is 0 Å². The minimum atomic E-state index is -0.0296. The minimum Gasteiger partial charge on any atom is -0.446 e. The number of carbonyl (C=O) groups is 1. The zero-order valence-electron chi connectivity index (χ0n) is 16.0. The average Bonchev–Trinajstić information content (AvgIpc) is 3.36. The van der Waals surface area contributed by atoms with E-state index in [0.717, 1.165) is 16.4 Å². The van der Waals surface area contributed by atoms with Crippen molar-refractivity contribution in [2.75, 3.05) is 11.1 Å². The molecule has 0 spiro atoms. The topological polar surface area (TPSA) is 73.0 Å². The van der Waals surface area contributed by atoms with Gasteiger partial charge in [0.2, 0.25) is 11.7 Å². The number of hydrogen-bond donors (Lipinski definition) is 1. The van der Waals surface area contributed by atoms with Crippen LogP contribution in [0.3, 0.4) is 0 Å². The lowest BCUT2D eigenvalue weighted by molar-refractivity contribution is -0.115. The van der Waals surface area contributed by atoms with Crippen molar-refractivity contribution in [1.29, 1.82) is 0 Å². The monoisotopic (exact) mass is 482 g/mol. The molecule has 0 bridgehead atoms. The summed E-state index contributed by atoms with van der Waals surface area (Å²) in [4.78, 5) is 12.2. The highest BCUT2D eigenvalue weighted by molar-refractivity contribution is 9.10. The summed E-state index contributed by atoms with van der Waals surface area (Å²) in [7, 11) is 0. The lowest BCUT2D eigenvalue weighted by Gasteiger charge is -2.09. The molecule has 0 aliphatic rings. The third kappa shape index (κ3) is 5.20. The van der Waals surface area contributed by atoms with E-state index in [4.69, 9.17) is 4.42 Å². The Morgan fingerprint density at radius 1 is 1.00 bits per heavy atom. The third-order valence-corrected chi connectivity index (χ3v) is 5.71. The lowest BCUT2D eigenvalue weighted by atomic mass is 10.2. The van der Waals surface area contributed by atoms with Crippen LogP contribution >= 0.6 is 27.7 Å². The van der Waals surface area contributed by atoms with Crippen LogP contribution in [0, 0.1) is 0 Å². The van der Waals surface area contributed by atoms with Gasteiger partial charge in [0.05, 0.1) is 6.54 Å². The molecule has 0 atom stereocenters. The summed E-state index contributed by atoms with van der Waals surface area (Å²) < 4.78 is 8.34. The normalized spacial score (nSPS) is 10.8. The van der Waals surface area contributed by atoms with Crippen LogP contribution in [0.5, 0.6) is 0 Å². The molecule has 1 amide bonds. The zero-order valence-corrected chi connectivity index (χ0v) is 18.4. The molecule has 8 heteroatoms. The first-order valence-electron chi connectivity index (χ1n) is 9.39. The Balaban J connectivity index is 1.47. The molecule has 30 heavy (non-hydrogen) atoms. The van der Waals surface area contributed by atoms with Gasteiger partial charge in [-0.05, 0) is 45.8 Å². The number of thioether (sulfide) groups is 1. The highest BCUT2D eigenvalue weighted by Gasteiger charge is 2.18. The number of anilines is 1. The second-order valence-corrected chi connectivity index (χ2v) is 8.34. The van der Waals surface area contributed by atoms with Crippen LogP contribution in [0.4, 0.5) is 5.69 Å². The van der Waals surface area contributed by atoms with Gasteiger partial charge in [0.1, 0.15) is 0 Å². The Hall–Kier alpha value is -2.84. The summed E-state index contributed by atoms with van der Waals surface area (Å²) in [5.74, 6) is 1.85. The maximum absolute atomic E-state index is 12.2.